The third kappa shape index (κ3) is 5.07. The highest BCUT2D eigenvalue weighted by atomic mass is 79.9. The Kier molecular flexibility index (Phi) is 6.18. The van der Waals surface area contributed by atoms with Crippen LogP contribution in [-0.4, -0.2) is 21.2 Å². The second kappa shape index (κ2) is 8.12. The molecule has 0 atom stereocenters. The maximum Gasteiger partial charge on any atom is 0.276 e. The number of rotatable bonds is 7. The van der Waals surface area contributed by atoms with E-state index in [1.165, 1.54) is 18.3 Å². The summed E-state index contributed by atoms with van der Waals surface area (Å²) in [5.41, 5.74) is 0.684. The highest BCUT2D eigenvalue weighted by molar-refractivity contribution is 9.10. The lowest BCUT2D eigenvalue weighted by molar-refractivity contribution is 0.317. The van der Waals surface area contributed by atoms with Gasteiger partial charge in [-0.1, -0.05) is 41.1 Å². The molecule has 0 aliphatic heterocycles. The number of hydrogen-bond donors (Lipinski definition) is 1. The summed E-state index contributed by atoms with van der Waals surface area (Å²) < 4.78 is 30.6. The summed E-state index contributed by atoms with van der Waals surface area (Å²) in [6, 6.07) is 13.6. The third-order valence-electron chi connectivity index (χ3n) is 2.86. The van der Waals surface area contributed by atoms with Crippen molar-refractivity contribution in [2.75, 3.05) is 6.61 Å². The van der Waals surface area contributed by atoms with Crippen molar-refractivity contribution in [3.8, 4) is 5.75 Å². The average molecular weight is 397 g/mol. The molecule has 0 bridgehead atoms. The molecule has 0 spiro atoms. The van der Waals surface area contributed by atoms with Gasteiger partial charge in [0.25, 0.3) is 10.0 Å². The van der Waals surface area contributed by atoms with Gasteiger partial charge < -0.3 is 4.74 Å². The van der Waals surface area contributed by atoms with E-state index in [9.17, 15) is 8.42 Å². The number of hydrogen-bond acceptors (Lipinski definition) is 4. The van der Waals surface area contributed by atoms with Crippen LogP contribution in [0.3, 0.4) is 0 Å². The van der Waals surface area contributed by atoms with Gasteiger partial charge in [-0.15, -0.1) is 0 Å². The predicted octanol–water partition coefficient (Wildman–Crippen LogP) is 3.55. The Balaban J connectivity index is 2.15. The number of ether oxygens (including phenoxy) is 1. The van der Waals surface area contributed by atoms with Crippen molar-refractivity contribution in [1.82, 2.24) is 4.83 Å². The van der Waals surface area contributed by atoms with Crippen LogP contribution < -0.4 is 9.57 Å². The number of nitrogens with zero attached hydrogens (tertiary/aromatic N) is 1. The molecule has 0 aromatic heterocycles. The number of halogens is 1. The Morgan fingerprint density at radius 2 is 1.96 bits per heavy atom. The van der Waals surface area contributed by atoms with Crippen LogP contribution in [0.1, 0.15) is 18.9 Å². The van der Waals surface area contributed by atoms with Crippen LogP contribution in [0.2, 0.25) is 0 Å². The van der Waals surface area contributed by atoms with E-state index in [-0.39, 0.29) is 4.90 Å². The molecule has 0 saturated carbocycles. The maximum atomic E-state index is 12.1. The zero-order valence-electron chi connectivity index (χ0n) is 12.6. The zero-order chi connectivity index (χ0) is 16.7. The first-order valence-electron chi connectivity index (χ1n) is 7.05. The van der Waals surface area contributed by atoms with Crippen LogP contribution in [0.5, 0.6) is 5.75 Å². The lowest BCUT2D eigenvalue weighted by Crippen LogP contribution is -2.18. The Morgan fingerprint density at radius 1 is 1.22 bits per heavy atom. The molecule has 2 aromatic rings. The highest BCUT2D eigenvalue weighted by Crippen LogP contribution is 2.22. The Hall–Kier alpha value is -1.86. The Labute approximate surface area is 144 Å². The van der Waals surface area contributed by atoms with Gasteiger partial charge in [0, 0.05) is 10.0 Å². The molecule has 0 unspecified atom stereocenters. The topological polar surface area (TPSA) is 67.8 Å². The average Bonchev–Trinajstić information content (AvgIpc) is 2.55. The second-order valence-corrected chi connectivity index (χ2v) is 7.27. The molecule has 5 nitrogen and oxygen atoms in total. The molecule has 0 aliphatic carbocycles. The lowest BCUT2D eigenvalue weighted by atomic mass is 10.2. The third-order valence-corrected chi connectivity index (χ3v) is 4.60. The second-order valence-electron chi connectivity index (χ2n) is 4.70. The molecule has 0 heterocycles. The predicted molar refractivity (Wildman–Crippen MR) is 94.3 cm³/mol. The van der Waals surface area contributed by atoms with Crippen LogP contribution in [-0.2, 0) is 10.0 Å². The van der Waals surface area contributed by atoms with Gasteiger partial charge in [0.05, 0.1) is 17.7 Å². The summed E-state index contributed by atoms with van der Waals surface area (Å²) in [4.78, 5) is 2.36. The first kappa shape index (κ1) is 17.5. The quantitative estimate of drug-likeness (QED) is 0.574. The van der Waals surface area contributed by atoms with Crippen LogP contribution in [0.15, 0.2) is 63.0 Å². The van der Waals surface area contributed by atoms with E-state index in [1.807, 2.05) is 25.1 Å². The molecule has 1 N–H and O–H groups in total. The van der Waals surface area contributed by atoms with Crippen LogP contribution in [0.25, 0.3) is 0 Å². The van der Waals surface area contributed by atoms with Crippen LogP contribution in [0.4, 0.5) is 0 Å². The number of nitrogens with one attached hydrogen (secondary N) is 1. The number of benzene rings is 2. The minimum atomic E-state index is -3.67. The maximum absolute atomic E-state index is 12.1. The van der Waals surface area contributed by atoms with E-state index in [2.05, 4.69) is 25.9 Å². The van der Waals surface area contributed by atoms with Gasteiger partial charge in [-0.25, -0.2) is 4.83 Å². The summed E-state index contributed by atoms with van der Waals surface area (Å²) in [6.45, 7) is 2.60. The summed E-state index contributed by atoms with van der Waals surface area (Å²) in [7, 11) is -3.67. The first-order chi connectivity index (χ1) is 11.0. The van der Waals surface area contributed by atoms with Crippen molar-refractivity contribution in [2.24, 2.45) is 5.10 Å². The van der Waals surface area contributed by atoms with Gasteiger partial charge in [0.2, 0.25) is 0 Å². The van der Waals surface area contributed by atoms with Crippen molar-refractivity contribution in [3.63, 3.8) is 0 Å². The minimum absolute atomic E-state index is 0.161. The van der Waals surface area contributed by atoms with Crippen molar-refractivity contribution in [2.45, 2.75) is 18.2 Å². The Bertz CT molecular complexity index is 777. The molecular weight excluding hydrogens is 380 g/mol. The summed E-state index contributed by atoms with van der Waals surface area (Å²) in [5.74, 6) is 0.651. The van der Waals surface area contributed by atoms with Gasteiger partial charge in [-0.05, 0) is 36.8 Å². The molecular formula is C16H17BrN2O3S. The SMILES string of the molecule is CCCOc1ccc(Br)cc1C=NNS(=O)(=O)c1ccccc1. The fourth-order valence-electron chi connectivity index (χ4n) is 1.78. The fourth-order valence-corrected chi connectivity index (χ4v) is 2.97. The van der Waals surface area contributed by atoms with Crippen molar-refractivity contribution >= 4 is 32.2 Å². The summed E-state index contributed by atoms with van der Waals surface area (Å²) >= 11 is 3.38. The number of sulfonamides is 1. The number of hydrazone groups is 1. The molecule has 7 heteroatoms. The van der Waals surface area contributed by atoms with E-state index in [0.717, 1.165) is 10.9 Å². The standard InChI is InChI=1S/C16H17BrN2O3S/c1-2-10-22-16-9-8-14(17)11-13(16)12-18-19-23(20,21)15-6-4-3-5-7-15/h3-9,11-12,19H,2,10H2,1H3. The monoisotopic (exact) mass is 396 g/mol. The van der Waals surface area contributed by atoms with Gasteiger partial charge in [0.1, 0.15) is 5.75 Å². The molecule has 2 aromatic carbocycles. The van der Waals surface area contributed by atoms with Crippen LogP contribution in [0, 0.1) is 0 Å². The molecule has 122 valence electrons. The molecule has 0 amide bonds. The molecule has 0 saturated heterocycles. The molecule has 0 radical (unpaired) electrons. The Morgan fingerprint density at radius 3 is 2.65 bits per heavy atom. The van der Waals surface area contributed by atoms with Crippen molar-refractivity contribution in [1.29, 1.82) is 0 Å². The molecule has 23 heavy (non-hydrogen) atoms. The van der Waals surface area contributed by atoms with Gasteiger partial charge >= 0.3 is 0 Å². The summed E-state index contributed by atoms with van der Waals surface area (Å²) in [5, 5.41) is 3.84. The molecule has 2 rings (SSSR count). The van der Waals surface area contributed by atoms with Gasteiger partial charge in [-0.2, -0.15) is 13.5 Å². The zero-order valence-corrected chi connectivity index (χ0v) is 15.0. The van der Waals surface area contributed by atoms with E-state index in [4.69, 9.17) is 4.74 Å². The minimum Gasteiger partial charge on any atom is -0.493 e. The lowest BCUT2D eigenvalue weighted by Gasteiger charge is -2.08. The normalized spacial score (nSPS) is 11.6. The molecule has 0 fully saturated rings. The van der Waals surface area contributed by atoms with Crippen LogP contribution >= 0.6 is 15.9 Å². The molecule has 0 aliphatic rings. The van der Waals surface area contributed by atoms with Crippen molar-refractivity contribution < 1.29 is 13.2 Å². The van der Waals surface area contributed by atoms with Crippen molar-refractivity contribution in [3.05, 3.63) is 58.6 Å². The van der Waals surface area contributed by atoms with E-state index < -0.39 is 10.0 Å². The first-order valence-corrected chi connectivity index (χ1v) is 9.33. The van der Waals surface area contributed by atoms with E-state index >= 15 is 0 Å². The summed E-state index contributed by atoms with van der Waals surface area (Å²) in [6.07, 6.45) is 2.31. The highest BCUT2D eigenvalue weighted by Gasteiger charge is 2.11. The van der Waals surface area contributed by atoms with E-state index in [1.54, 1.807) is 18.2 Å². The fraction of sp³-hybridized carbons (Fsp3) is 0.188. The van der Waals surface area contributed by atoms with Gasteiger partial charge in [0.15, 0.2) is 0 Å². The van der Waals surface area contributed by atoms with E-state index in [0.29, 0.717) is 17.9 Å². The van der Waals surface area contributed by atoms with Gasteiger partial charge in [-0.3, -0.25) is 0 Å². The smallest absolute Gasteiger partial charge is 0.276 e. The largest absolute Gasteiger partial charge is 0.493 e.